The van der Waals surface area contributed by atoms with E-state index in [0.29, 0.717) is 12.6 Å². The largest absolute Gasteiger partial charge is 0.506 e. The molecule has 0 saturated carbocycles. The van der Waals surface area contributed by atoms with Crippen molar-refractivity contribution in [2.24, 2.45) is 4.99 Å². The van der Waals surface area contributed by atoms with Gasteiger partial charge in [-0.05, 0) is 20.8 Å². The van der Waals surface area contributed by atoms with Gasteiger partial charge in [0.1, 0.15) is 17.1 Å². The first kappa shape index (κ1) is 17.7. The second-order valence-corrected chi connectivity index (χ2v) is 4.26. The standard InChI is InChI=1S/C15H16F3NO3/c1-4-19-7-9(15(21)22-5-2)14(20)12-8(3)13(18)11(17)6-10(12)16/h6-7,20H,4-5H2,1-3H3/b14-9-,19-7?. The first-order chi connectivity index (χ1) is 10.3. The van der Waals surface area contributed by atoms with Crippen LogP contribution in [0.15, 0.2) is 16.6 Å². The molecule has 0 atom stereocenters. The molecule has 1 N–H and O–H groups in total. The third kappa shape index (κ3) is 3.66. The fourth-order valence-corrected chi connectivity index (χ4v) is 1.74. The lowest BCUT2D eigenvalue weighted by Gasteiger charge is -2.11. The molecule has 0 radical (unpaired) electrons. The van der Waals surface area contributed by atoms with Crippen molar-refractivity contribution in [3.05, 3.63) is 40.2 Å². The van der Waals surface area contributed by atoms with Crippen molar-refractivity contribution in [3.63, 3.8) is 0 Å². The van der Waals surface area contributed by atoms with Crippen molar-refractivity contribution >= 4 is 17.9 Å². The summed E-state index contributed by atoms with van der Waals surface area (Å²) in [6.07, 6.45) is 1.01. The summed E-state index contributed by atoms with van der Waals surface area (Å²) in [6.45, 7) is 4.64. The predicted octanol–water partition coefficient (Wildman–Crippen LogP) is 3.34. The fourth-order valence-electron chi connectivity index (χ4n) is 1.74. The fraction of sp³-hybridized carbons (Fsp3) is 0.333. The van der Waals surface area contributed by atoms with Gasteiger partial charge in [0.25, 0.3) is 0 Å². The topological polar surface area (TPSA) is 58.9 Å². The molecule has 0 aliphatic rings. The number of halogens is 3. The summed E-state index contributed by atoms with van der Waals surface area (Å²) in [5.41, 5.74) is -1.50. The number of nitrogens with zero attached hydrogens (tertiary/aromatic N) is 1. The van der Waals surface area contributed by atoms with Crippen molar-refractivity contribution < 1.29 is 27.8 Å². The zero-order valence-corrected chi connectivity index (χ0v) is 12.4. The monoisotopic (exact) mass is 315 g/mol. The summed E-state index contributed by atoms with van der Waals surface area (Å²) in [5.74, 6) is -5.68. The Bertz CT molecular complexity index is 639. The maximum Gasteiger partial charge on any atom is 0.343 e. The van der Waals surface area contributed by atoms with Crippen LogP contribution < -0.4 is 0 Å². The third-order valence-electron chi connectivity index (χ3n) is 2.80. The quantitative estimate of drug-likeness (QED) is 0.298. The van der Waals surface area contributed by atoms with Crippen molar-refractivity contribution in [1.82, 2.24) is 0 Å². The average molecular weight is 315 g/mol. The molecule has 0 aromatic heterocycles. The summed E-state index contributed by atoms with van der Waals surface area (Å²) in [7, 11) is 0. The van der Waals surface area contributed by atoms with Crippen molar-refractivity contribution in [2.75, 3.05) is 13.2 Å². The van der Waals surface area contributed by atoms with Gasteiger partial charge in [-0.3, -0.25) is 4.99 Å². The van der Waals surface area contributed by atoms with Gasteiger partial charge in [0, 0.05) is 24.4 Å². The van der Waals surface area contributed by atoms with Gasteiger partial charge in [-0.2, -0.15) is 0 Å². The van der Waals surface area contributed by atoms with Gasteiger partial charge in [0.05, 0.1) is 12.2 Å². The molecule has 0 heterocycles. The minimum absolute atomic E-state index is 0.0226. The number of carbonyl (C=O) groups is 1. The van der Waals surface area contributed by atoms with Crippen molar-refractivity contribution in [1.29, 1.82) is 0 Å². The Hall–Kier alpha value is -2.31. The SMILES string of the molecule is CCN=C/C(C(=O)OCC)=C(/O)c1c(F)cc(F)c(F)c1C. The van der Waals surface area contributed by atoms with Gasteiger partial charge in [0.15, 0.2) is 11.6 Å². The van der Waals surface area contributed by atoms with E-state index in [-0.39, 0.29) is 6.61 Å². The Morgan fingerprint density at radius 2 is 1.95 bits per heavy atom. The molecule has 0 saturated heterocycles. The number of carbonyl (C=O) groups excluding carboxylic acids is 1. The molecule has 0 spiro atoms. The number of aliphatic hydroxyl groups is 1. The van der Waals surface area contributed by atoms with E-state index in [0.717, 1.165) is 13.1 Å². The number of ether oxygens (including phenoxy) is 1. The Kier molecular flexibility index (Phi) is 6.15. The van der Waals surface area contributed by atoms with Crippen LogP contribution in [0.1, 0.15) is 25.0 Å². The minimum Gasteiger partial charge on any atom is -0.506 e. The van der Waals surface area contributed by atoms with Crippen LogP contribution in [-0.2, 0) is 9.53 Å². The van der Waals surface area contributed by atoms with Crippen LogP contribution in [-0.4, -0.2) is 30.4 Å². The highest BCUT2D eigenvalue weighted by atomic mass is 19.2. The van der Waals surface area contributed by atoms with E-state index in [9.17, 15) is 23.1 Å². The number of benzene rings is 1. The third-order valence-corrected chi connectivity index (χ3v) is 2.80. The first-order valence-electron chi connectivity index (χ1n) is 6.59. The summed E-state index contributed by atoms with van der Waals surface area (Å²) >= 11 is 0. The maximum atomic E-state index is 13.9. The molecular weight excluding hydrogens is 299 g/mol. The molecule has 0 amide bonds. The second-order valence-electron chi connectivity index (χ2n) is 4.26. The molecule has 120 valence electrons. The molecule has 0 bridgehead atoms. The number of hydrogen-bond donors (Lipinski definition) is 1. The summed E-state index contributed by atoms with van der Waals surface area (Å²) in [4.78, 5) is 15.6. The van der Waals surface area contributed by atoms with E-state index < -0.39 is 45.9 Å². The molecule has 1 aromatic carbocycles. The smallest absolute Gasteiger partial charge is 0.343 e. The van der Waals surface area contributed by atoms with Crippen LogP contribution in [0.2, 0.25) is 0 Å². The van der Waals surface area contributed by atoms with Crippen LogP contribution in [0.4, 0.5) is 13.2 Å². The molecule has 0 fully saturated rings. The zero-order chi connectivity index (χ0) is 16.9. The molecule has 0 aliphatic carbocycles. The van der Waals surface area contributed by atoms with E-state index >= 15 is 0 Å². The van der Waals surface area contributed by atoms with E-state index in [1.165, 1.54) is 0 Å². The second kappa shape index (κ2) is 7.63. The molecule has 4 nitrogen and oxygen atoms in total. The maximum absolute atomic E-state index is 13.9. The minimum atomic E-state index is -1.38. The molecule has 0 unspecified atom stereocenters. The van der Waals surface area contributed by atoms with Gasteiger partial charge < -0.3 is 9.84 Å². The van der Waals surface area contributed by atoms with Crippen LogP contribution in [0, 0.1) is 24.4 Å². The van der Waals surface area contributed by atoms with Crippen LogP contribution in [0.5, 0.6) is 0 Å². The van der Waals surface area contributed by atoms with Gasteiger partial charge >= 0.3 is 5.97 Å². The van der Waals surface area contributed by atoms with Crippen LogP contribution in [0.3, 0.4) is 0 Å². The molecule has 1 rings (SSSR count). The Morgan fingerprint density at radius 1 is 1.32 bits per heavy atom. The lowest BCUT2D eigenvalue weighted by atomic mass is 10.0. The normalized spacial score (nSPS) is 12.5. The van der Waals surface area contributed by atoms with E-state index in [1.54, 1.807) is 13.8 Å². The number of aliphatic imine (C=N–C) groups is 1. The van der Waals surface area contributed by atoms with E-state index in [4.69, 9.17) is 4.74 Å². The summed E-state index contributed by atoms with van der Waals surface area (Å²) in [5, 5.41) is 10.1. The molecular formula is C15H16F3NO3. The Morgan fingerprint density at radius 3 is 2.50 bits per heavy atom. The molecule has 7 heteroatoms. The average Bonchev–Trinajstić information content (AvgIpc) is 2.45. The lowest BCUT2D eigenvalue weighted by Crippen LogP contribution is -2.13. The zero-order valence-electron chi connectivity index (χ0n) is 12.4. The highest BCUT2D eigenvalue weighted by molar-refractivity contribution is 6.15. The molecule has 0 aliphatic heterocycles. The van der Waals surface area contributed by atoms with Crippen molar-refractivity contribution in [2.45, 2.75) is 20.8 Å². The van der Waals surface area contributed by atoms with Gasteiger partial charge in [-0.1, -0.05) is 0 Å². The van der Waals surface area contributed by atoms with Gasteiger partial charge in [-0.25, -0.2) is 18.0 Å². The van der Waals surface area contributed by atoms with Gasteiger partial charge in [-0.15, -0.1) is 0 Å². The van der Waals surface area contributed by atoms with Gasteiger partial charge in [0.2, 0.25) is 0 Å². The Labute approximate surface area is 125 Å². The molecule has 22 heavy (non-hydrogen) atoms. The summed E-state index contributed by atoms with van der Waals surface area (Å²) < 4.78 is 45.3. The van der Waals surface area contributed by atoms with E-state index in [2.05, 4.69) is 4.99 Å². The summed E-state index contributed by atoms with van der Waals surface area (Å²) in [6, 6.07) is 0.299. The molecule has 1 aromatic rings. The van der Waals surface area contributed by atoms with Crippen LogP contribution in [0.25, 0.3) is 5.76 Å². The highest BCUT2D eigenvalue weighted by Crippen LogP contribution is 2.27. The number of hydrogen-bond acceptors (Lipinski definition) is 4. The Balaban J connectivity index is 3.57. The first-order valence-corrected chi connectivity index (χ1v) is 6.59. The van der Waals surface area contributed by atoms with Crippen LogP contribution >= 0.6 is 0 Å². The number of esters is 1. The highest BCUT2D eigenvalue weighted by Gasteiger charge is 2.23. The number of aliphatic hydroxyl groups excluding tert-OH is 1. The predicted molar refractivity (Wildman–Crippen MR) is 76.3 cm³/mol. The number of rotatable bonds is 5. The van der Waals surface area contributed by atoms with E-state index in [1.807, 2.05) is 0 Å². The lowest BCUT2D eigenvalue weighted by molar-refractivity contribution is -0.137. The van der Waals surface area contributed by atoms with Crippen molar-refractivity contribution in [3.8, 4) is 0 Å².